The van der Waals surface area contributed by atoms with Crippen LogP contribution in [0.3, 0.4) is 0 Å². The quantitative estimate of drug-likeness (QED) is 0.841. The predicted octanol–water partition coefficient (Wildman–Crippen LogP) is 1.01. The van der Waals surface area contributed by atoms with Crippen LogP contribution in [0.4, 0.5) is 14.5 Å². The Bertz CT molecular complexity index is 692. The zero-order valence-corrected chi connectivity index (χ0v) is 12.4. The molecule has 1 aromatic rings. The number of nitrogens with two attached hydrogens (primary N) is 1. The van der Waals surface area contributed by atoms with Gasteiger partial charge in [-0.15, -0.1) is 0 Å². The summed E-state index contributed by atoms with van der Waals surface area (Å²) in [6, 6.07) is 0.900. The average Bonchev–Trinajstić information content (AvgIpc) is 2.19. The molecule has 3 N–H and O–H groups in total. The molecule has 0 fully saturated rings. The minimum atomic E-state index is -4.28. The summed E-state index contributed by atoms with van der Waals surface area (Å²) in [7, 11) is -8.22. The number of anilines is 1. The second-order valence-corrected chi connectivity index (χ2v) is 7.91. The number of nitrogens with one attached hydrogen (secondary N) is 1. The molecule has 0 heterocycles. The summed E-state index contributed by atoms with van der Waals surface area (Å²) in [4.78, 5) is -0.778. The summed E-state index contributed by atoms with van der Waals surface area (Å²) in [5.74, 6) is -3.30. The van der Waals surface area contributed by atoms with Crippen LogP contribution in [-0.4, -0.2) is 22.6 Å². The second kappa shape index (κ2) is 5.62. The van der Waals surface area contributed by atoms with Gasteiger partial charge in [-0.2, -0.15) is 0 Å². The van der Waals surface area contributed by atoms with E-state index in [0.29, 0.717) is 12.1 Å². The third-order valence-corrected chi connectivity index (χ3v) is 4.67. The molecule has 114 valence electrons. The Hall–Kier alpha value is -1.26. The Morgan fingerprint density at radius 2 is 1.60 bits per heavy atom. The van der Waals surface area contributed by atoms with Gasteiger partial charge in [0.1, 0.15) is 5.69 Å². The highest BCUT2D eigenvalue weighted by atomic mass is 32.2. The maximum absolute atomic E-state index is 13.6. The molecule has 0 saturated carbocycles. The Labute approximate surface area is 116 Å². The lowest BCUT2D eigenvalue weighted by atomic mass is 10.3. The van der Waals surface area contributed by atoms with E-state index in [4.69, 9.17) is 5.14 Å². The van der Waals surface area contributed by atoms with Crippen molar-refractivity contribution in [2.75, 3.05) is 10.5 Å². The van der Waals surface area contributed by atoms with Crippen molar-refractivity contribution in [2.24, 2.45) is 11.1 Å². The van der Waals surface area contributed by atoms with E-state index in [-0.39, 0.29) is 11.7 Å². The molecule has 0 spiro atoms. The molecule has 0 aliphatic heterocycles. The smallest absolute Gasteiger partial charge is 0.238 e. The molecule has 0 unspecified atom stereocenters. The lowest BCUT2D eigenvalue weighted by Gasteiger charge is -2.12. The predicted molar refractivity (Wildman–Crippen MR) is 70.0 cm³/mol. The highest BCUT2D eigenvalue weighted by Crippen LogP contribution is 2.24. The van der Waals surface area contributed by atoms with Gasteiger partial charge in [0.05, 0.1) is 10.6 Å². The van der Waals surface area contributed by atoms with Gasteiger partial charge < -0.3 is 0 Å². The molecule has 0 amide bonds. The summed E-state index contributed by atoms with van der Waals surface area (Å²) < 4.78 is 74.2. The molecule has 1 aromatic carbocycles. The minimum absolute atomic E-state index is 0.248. The van der Waals surface area contributed by atoms with Gasteiger partial charge in [-0.1, -0.05) is 13.8 Å². The van der Waals surface area contributed by atoms with E-state index < -0.39 is 42.3 Å². The van der Waals surface area contributed by atoms with Crippen molar-refractivity contribution < 1.29 is 25.6 Å². The first kappa shape index (κ1) is 16.8. The molecular weight excluding hydrogens is 314 g/mol. The molecule has 0 radical (unpaired) electrons. The Balaban J connectivity index is 3.23. The third kappa shape index (κ3) is 4.39. The monoisotopic (exact) mass is 328 g/mol. The van der Waals surface area contributed by atoms with E-state index in [2.05, 4.69) is 0 Å². The molecule has 20 heavy (non-hydrogen) atoms. The second-order valence-electron chi connectivity index (χ2n) is 4.58. The molecule has 1 rings (SSSR count). The van der Waals surface area contributed by atoms with Gasteiger partial charge in [0, 0.05) is 0 Å². The van der Waals surface area contributed by atoms with Crippen molar-refractivity contribution in [3.8, 4) is 0 Å². The van der Waals surface area contributed by atoms with E-state index in [1.807, 2.05) is 0 Å². The van der Waals surface area contributed by atoms with Crippen LogP contribution in [0.25, 0.3) is 0 Å². The van der Waals surface area contributed by atoms with Crippen molar-refractivity contribution >= 4 is 25.7 Å². The number of primary sulfonamides is 1. The van der Waals surface area contributed by atoms with Crippen LogP contribution in [0, 0.1) is 17.6 Å². The maximum Gasteiger partial charge on any atom is 0.238 e. The van der Waals surface area contributed by atoms with E-state index in [1.54, 1.807) is 18.6 Å². The molecule has 0 aliphatic rings. The third-order valence-electron chi connectivity index (χ3n) is 2.15. The van der Waals surface area contributed by atoms with E-state index in [9.17, 15) is 25.6 Å². The number of sulfonamides is 2. The largest absolute Gasteiger partial charge is 0.278 e. The zero-order chi connectivity index (χ0) is 15.7. The van der Waals surface area contributed by atoms with Gasteiger partial charge in [0.25, 0.3) is 0 Å². The molecule has 6 nitrogen and oxygen atoms in total. The van der Waals surface area contributed by atoms with Crippen LogP contribution in [0.5, 0.6) is 0 Å². The highest BCUT2D eigenvalue weighted by molar-refractivity contribution is 7.92. The summed E-state index contributed by atoms with van der Waals surface area (Å²) in [6.45, 7) is 3.24. The molecule has 0 bridgehead atoms. The minimum Gasteiger partial charge on any atom is -0.278 e. The topological polar surface area (TPSA) is 106 Å². The van der Waals surface area contributed by atoms with Gasteiger partial charge in [0.15, 0.2) is 11.6 Å². The van der Waals surface area contributed by atoms with Crippen molar-refractivity contribution in [3.63, 3.8) is 0 Å². The maximum atomic E-state index is 13.6. The lowest BCUT2D eigenvalue weighted by Crippen LogP contribution is -2.22. The molecule has 0 atom stereocenters. The summed E-state index contributed by atoms with van der Waals surface area (Å²) >= 11 is 0. The van der Waals surface area contributed by atoms with Crippen LogP contribution in [0.15, 0.2) is 17.0 Å². The molecule has 0 saturated heterocycles. The standard InChI is InChI=1S/C10H14F2N2O4S2/c1-6(2)5-19(15,16)14-10-8(11)3-7(4-9(10)12)20(13,17)18/h3-4,6,14H,5H2,1-2H3,(H2,13,17,18). The SMILES string of the molecule is CC(C)CS(=O)(=O)Nc1c(F)cc(S(N)(=O)=O)cc1F. The fourth-order valence-electron chi connectivity index (χ4n) is 1.45. The average molecular weight is 328 g/mol. The van der Waals surface area contributed by atoms with Crippen molar-refractivity contribution in [1.29, 1.82) is 0 Å². The van der Waals surface area contributed by atoms with Crippen LogP contribution in [0.1, 0.15) is 13.8 Å². The Kier molecular flexibility index (Phi) is 4.72. The van der Waals surface area contributed by atoms with Crippen LogP contribution >= 0.6 is 0 Å². The van der Waals surface area contributed by atoms with Gasteiger partial charge in [-0.25, -0.2) is 30.8 Å². The van der Waals surface area contributed by atoms with Crippen LogP contribution in [-0.2, 0) is 20.0 Å². The van der Waals surface area contributed by atoms with Crippen molar-refractivity contribution in [1.82, 2.24) is 0 Å². The number of rotatable bonds is 5. The van der Waals surface area contributed by atoms with E-state index in [1.165, 1.54) is 0 Å². The van der Waals surface area contributed by atoms with Crippen LogP contribution < -0.4 is 9.86 Å². The lowest BCUT2D eigenvalue weighted by molar-refractivity contribution is 0.568. The summed E-state index contributed by atoms with van der Waals surface area (Å²) in [5.41, 5.74) is -0.932. The van der Waals surface area contributed by atoms with E-state index >= 15 is 0 Å². The number of halogens is 2. The van der Waals surface area contributed by atoms with E-state index in [0.717, 1.165) is 0 Å². The first-order chi connectivity index (χ1) is 8.92. The van der Waals surface area contributed by atoms with Gasteiger partial charge in [0.2, 0.25) is 20.0 Å². The number of hydrogen-bond acceptors (Lipinski definition) is 4. The normalized spacial score (nSPS) is 12.7. The Morgan fingerprint density at radius 1 is 1.15 bits per heavy atom. The number of hydrogen-bond donors (Lipinski definition) is 2. The molecule has 0 aromatic heterocycles. The summed E-state index contributed by atoms with van der Waals surface area (Å²) in [5, 5.41) is 4.74. The van der Waals surface area contributed by atoms with Crippen LogP contribution in [0.2, 0.25) is 0 Å². The van der Waals surface area contributed by atoms with Gasteiger partial charge in [-0.3, -0.25) is 4.72 Å². The first-order valence-electron chi connectivity index (χ1n) is 5.44. The molecular formula is C10H14F2N2O4S2. The van der Waals surface area contributed by atoms with Crippen molar-refractivity contribution in [3.05, 3.63) is 23.8 Å². The first-order valence-corrected chi connectivity index (χ1v) is 8.64. The fraction of sp³-hybridized carbons (Fsp3) is 0.400. The van der Waals surface area contributed by atoms with Gasteiger partial charge >= 0.3 is 0 Å². The number of benzene rings is 1. The summed E-state index contributed by atoms with van der Waals surface area (Å²) in [6.07, 6.45) is 0. The fourth-order valence-corrected chi connectivity index (χ4v) is 3.45. The van der Waals surface area contributed by atoms with Gasteiger partial charge in [-0.05, 0) is 18.1 Å². The highest BCUT2D eigenvalue weighted by Gasteiger charge is 2.21. The Morgan fingerprint density at radius 3 is 1.95 bits per heavy atom. The zero-order valence-electron chi connectivity index (χ0n) is 10.7. The van der Waals surface area contributed by atoms with Crippen molar-refractivity contribution in [2.45, 2.75) is 18.7 Å². The molecule has 0 aliphatic carbocycles. The molecule has 10 heteroatoms.